The number of Topliss-reactive ketones (excluding diaryl/α,β-unsaturated/α-hetero) is 1. The van der Waals surface area contributed by atoms with Crippen LogP contribution >= 0.6 is 0 Å². The molecular weight excluding hydrogens is 156 g/mol. The van der Waals surface area contributed by atoms with Crippen molar-refractivity contribution in [1.29, 1.82) is 0 Å². The highest BCUT2D eigenvalue weighted by atomic mass is 28.4. The summed E-state index contributed by atoms with van der Waals surface area (Å²) in [4.78, 5) is 10.5. The lowest BCUT2D eigenvalue weighted by atomic mass is 10.2. The van der Waals surface area contributed by atoms with Crippen LogP contribution in [0.3, 0.4) is 0 Å². The van der Waals surface area contributed by atoms with E-state index in [-0.39, 0.29) is 5.78 Å². The highest BCUT2D eigenvalue weighted by Gasteiger charge is 2.12. The van der Waals surface area contributed by atoms with E-state index in [1.165, 1.54) is 0 Å². The van der Waals surface area contributed by atoms with E-state index in [2.05, 4.69) is 19.6 Å². The molecule has 0 heterocycles. The molecule has 0 saturated carbocycles. The fraction of sp³-hybridized carbons (Fsp3) is 0.875. The van der Waals surface area contributed by atoms with Gasteiger partial charge in [0.05, 0.1) is 0 Å². The number of rotatable bonds is 5. The van der Waals surface area contributed by atoms with Crippen LogP contribution in [0.15, 0.2) is 0 Å². The molecule has 0 unspecified atom stereocenters. The highest BCUT2D eigenvalue weighted by molar-refractivity contribution is 6.69. The van der Waals surface area contributed by atoms with Crippen molar-refractivity contribution in [2.75, 3.05) is 6.61 Å². The van der Waals surface area contributed by atoms with Crippen LogP contribution in [0, 0.1) is 0 Å². The van der Waals surface area contributed by atoms with Crippen molar-refractivity contribution < 1.29 is 9.22 Å². The van der Waals surface area contributed by atoms with Crippen molar-refractivity contribution in [1.82, 2.24) is 0 Å². The Kier molecular flexibility index (Phi) is 4.60. The van der Waals surface area contributed by atoms with Crippen LogP contribution in [0.1, 0.15) is 19.8 Å². The van der Waals surface area contributed by atoms with Crippen LogP contribution in [0.2, 0.25) is 19.6 Å². The van der Waals surface area contributed by atoms with E-state index in [9.17, 15) is 4.79 Å². The zero-order valence-corrected chi connectivity index (χ0v) is 8.94. The summed E-state index contributed by atoms with van der Waals surface area (Å²) in [6.45, 7) is 8.83. The van der Waals surface area contributed by atoms with Crippen LogP contribution in [-0.2, 0) is 9.22 Å². The van der Waals surface area contributed by atoms with Crippen molar-refractivity contribution in [3.05, 3.63) is 0 Å². The molecule has 0 N–H and O–H groups in total. The summed E-state index contributed by atoms with van der Waals surface area (Å²) >= 11 is 0. The number of carbonyl (C=O) groups is 1. The lowest BCUT2D eigenvalue weighted by molar-refractivity contribution is -0.117. The largest absolute Gasteiger partial charge is 0.418 e. The van der Waals surface area contributed by atoms with Crippen molar-refractivity contribution in [2.24, 2.45) is 0 Å². The van der Waals surface area contributed by atoms with Gasteiger partial charge < -0.3 is 9.22 Å². The molecule has 0 aromatic carbocycles. The first-order valence-corrected chi connectivity index (χ1v) is 7.46. The Morgan fingerprint density at radius 1 is 1.36 bits per heavy atom. The summed E-state index contributed by atoms with van der Waals surface area (Å²) in [6.07, 6.45) is 1.53. The molecule has 11 heavy (non-hydrogen) atoms. The van der Waals surface area contributed by atoms with E-state index in [4.69, 9.17) is 4.43 Å². The van der Waals surface area contributed by atoms with E-state index in [1.807, 2.05) is 0 Å². The quantitative estimate of drug-likeness (QED) is 0.472. The molecule has 0 saturated heterocycles. The first-order valence-electron chi connectivity index (χ1n) is 4.05. The fourth-order valence-corrected chi connectivity index (χ4v) is 1.46. The molecule has 0 amide bonds. The predicted octanol–water partition coefficient (Wildman–Crippen LogP) is 2.21. The number of hydrogen-bond acceptors (Lipinski definition) is 2. The standard InChI is InChI=1S/C8H18O2Si/c1-8(9)6-5-7-10-11(2,3)4/h5-7H2,1-4H3. The van der Waals surface area contributed by atoms with Crippen LogP contribution in [0.5, 0.6) is 0 Å². The summed E-state index contributed by atoms with van der Waals surface area (Å²) in [5.41, 5.74) is 0. The van der Waals surface area contributed by atoms with E-state index in [0.29, 0.717) is 6.42 Å². The maximum atomic E-state index is 10.5. The maximum Gasteiger partial charge on any atom is 0.183 e. The van der Waals surface area contributed by atoms with Crippen molar-refractivity contribution in [3.8, 4) is 0 Å². The third kappa shape index (κ3) is 9.85. The van der Waals surface area contributed by atoms with Gasteiger partial charge in [0, 0.05) is 13.0 Å². The summed E-state index contributed by atoms with van der Waals surface area (Å²) in [5, 5.41) is 0. The average molecular weight is 174 g/mol. The van der Waals surface area contributed by atoms with Gasteiger partial charge in [-0.3, -0.25) is 0 Å². The Morgan fingerprint density at radius 3 is 2.27 bits per heavy atom. The predicted molar refractivity (Wildman–Crippen MR) is 49.2 cm³/mol. The molecule has 0 bridgehead atoms. The van der Waals surface area contributed by atoms with Gasteiger partial charge >= 0.3 is 0 Å². The van der Waals surface area contributed by atoms with Crippen LogP contribution in [-0.4, -0.2) is 20.7 Å². The van der Waals surface area contributed by atoms with Gasteiger partial charge in [-0.25, -0.2) is 0 Å². The molecule has 0 aromatic rings. The van der Waals surface area contributed by atoms with Gasteiger partial charge in [0.1, 0.15) is 5.78 Å². The summed E-state index contributed by atoms with van der Waals surface area (Å²) < 4.78 is 5.57. The molecule has 0 radical (unpaired) electrons. The summed E-state index contributed by atoms with van der Waals surface area (Å²) in [6, 6.07) is 0. The Bertz CT molecular complexity index is 127. The molecule has 66 valence electrons. The minimum Gasteiger partial charge on any atom is -0.418 e. The molecule has 0 aromatic heterocycles. The molecule has 0 aliphatic heterocycles. The number of hydrogen-bond donors (Lipinski definition) is 0. The third-order valence-corrected chi connectivity index (χ3v) is 2.28. The summed E-state index contributed by atoms with van der Waals surface area (Å²) in [5.74, 6) is 0.254. The van der Waals surface area contributed by atoms with Crippen LogP contribution in [0.4, 0.5) is 0 Å². The van der Waals surface area contributed by atoms with Crippen molar-refractivity contribution in [3.63, 3.8) is 0 Å². The minimum atomic E-state index is -1.34. The van der Waals surface area contributed by atoms with E-state index < -0.39 is 8.32 Å². The fourth-order valence-electron chi connectivity index (χ4n) is 0.699. The first-order chi connectivity index (χ1) is 4.92. The highest BCUT2D eigenvalue weighted by Crippen LogP contribution is 2.03. The Balaban J connectivity index is 3.22. The second-order valence-corrected chi connectivity index (χ2v) is 8.28. The molecule has 0 rings (SSSR count). The van der Waals surface area contributed by atoms with Crippen LogP contribution < -0.4 is 0 Å². The molecule has 0 aliphatic carbocycles. The Labute approximate surface area is 70.1 Å². The normalized spacial score (nSPS) is 11.6. The average Bonchev–Trinajstić information content (AvgIpc) is 1.78. The Morgan fingerprint density at radius 2 is 1.91 bits per heavy atom. The van der Waals surface area contributed by atoms with E-state index in [1.54, 1.807) is 6.92 Å². The second-order valence-electron chi connectivity index (χ2n) is 3.77. The van der Waals surface area contributed by atoms with Gasteiger partial charge in [-0.2, -0.15) is 0 Å². The van der Waals surface area contributed by atoms with Gasteiger partial charge in [0.2, 0.25) is 0 Å². The number of carbonyl (C=O) groups excluding carboxylic acids is 1. The number of ketones is 1. The smallest absolute Gasteiger partial charge is 0.183 e. The van der Waals surface area contributed by atoms with E-state index >= 15 is 0 Å². The van der Waals surface area contributed by atoms with Gasteiger partial charge in [-0.15, -0.1) is 0 Å². The van der Waals surface area contributed by atoms with Crippen molar-refractivity contribution in [2.45, 2.75) is 39.4 Å². The SMILES string of the molecule is CC(=O)CCCO[Si](C)(C)C. The summed E-state index contributed by atoms with van der Waals surface area (Å²) in [7, 11) is -1.34. The van der Waals surface area contributed by atoms with E-state index in [0.717, 1.165) is 13.0 Å². The van der Waals surface area contributed by atoms with Gasteiger partial charge in [-0.1, -0.05) is 0 Å². The topological polar surface area (TPSA) is 26.3 Å². The van der Waals surface area contributed by atoms with Gasteiger partial charge in [0.15, 0.2) is 8.32 Å². The molecule has 0 fully saturated rings. The molecule has 2 nitrogen and oxygen atoms in total. The second kappa shape index (κ2) is 4.67. The lowest BCUT2D eigenvalue weighted by Crippen LogP contribution is -2.25. The maximum absolute atomic E-state index is 10.5. The third-order valence-electron chi connectivity index (χ3n) is 1.21. The van der Waals surface area contributed by atoms with Crippen LogP contribution in [0.25, 0.3) is 0 Å². The van der Waals surface area contributed by atoms with Crippen molar-refractivity contribution >= 4 is 14.1 Å². The Hall–Kier alpha value is -0.153. The molecule has 0 atom stereocenters. The van der Waals surface area contributed by atoms with Gasteiger partial charge in [-0.05, 0) is 33.0 Å². The minimum absolute atomic E-state index is 0.254. The monoisotopic (exact) mass is 174 g/mol. The van der Waals surface area contributed by atoms with Gasteiger partial charge in [0.25, 0.3) is 0 Å². The zero-order valence-electron chi connectivity index (χ0n) is 7.94. The zero-order chi connectivity index (χ0) is 8.91. The molecule has 0 aliphatic rings. The molecule has 0 spiro atoms. The first kappa shape index (κ1) is 10.8. The molecular formula is C8H18O2Si. The molecule has 3 heteroatoms. The lowest BCUT2D eigenvalue weighted by Gasteiger charge is -2.16.